The number of amides is 3. The van der Waals surface area contributed by atoms with E-state index in [0.29, 0.717) is 0 Å². The van der Waals surface area contributed by atoms with Gasteiger partial charge in [-0.1, -0.05) is 6.92 Å². The van der Waals surface area contributed by atoms with E-state index in [4.69, 9.17) is 17.2 Å². The molecule has 6 heteroatoms. The fourth-order valence-corrected chi connectivity index (χ4v) is 1.45. The molecule has 0 atom stereocenters. The molecule has 0 aliphatic heterocycles. The molecule has 0 radical (unpaired) electrons. The van der Waals surface area contributed by atoms with Gasteiger partial charge in [0.05, 0.1) is 0 Å². The van der Waals surface area contributed by atoms with Crippen molar-refractivity contribution in [3.05, 3.63) is 0 Å². The molecule has 80 valence electrons. The molecule has 0 spiro atoms. The summed E-state index contributed by atoms with van der Waals surface area (Å²) in [5.41, 5.74) is 14.1. The second-order valence-electron chi connectivity index (χ2n) is 3.74. The lowest BCUT2D eigenvalue weighted by Gasteiger charge is -2.24. The molecule has 0 heterocycles. The van der Waals surface area contributed by atoms with Gasteiger partial charge in [-0.3, -0.25) is 14.4 Å². The van der Waals surface area contributed by atoms with E-state index < -0.39 is 23.1 Å². The highest BCUT2D eigenvalue weighted by atomic mass is 16.2. The molecular weight excluding hydrogens is 186 g/mol. The van der Waals surface area contributed by atoms with E-state index in [-0.39, 0.29) is 19.3 Å². The van der Waals surface area contributed by atoms with Gasteiger partial charge in [-0.05, 0) is 5.41 Å². The number of rotatable bonds is 6. The van der Waals surface area contributed by atoms with Crippen LogP contribution in [-0.4, -0.2) is 17.7 Å². The minimum Gasteiger partial charge on any atom is -0.370 e. The number of primary amides is 3. The van der Waals surface area contributed by atoms with Crippen LogP contribution in [0.3, 0.4) is 0 Å². The van der Waals surface area contributed by atoms with Gasteiger partial charge in [0.2, 0.25) is 17.7 Å². The molecule has 14 heavy (non-hydrogen) atoms. The van der Waals surface area contributed by atoms with Crippen LogP contribution < -0.4 is 17.2 Å². The second kappa shape index (κ2) is 4.59. The van der Waals surface area contributed by atoms with Crippen molar-refractivity contribution >= 4 is 17.7 Å². The SMILES string of the molecule is CC(CC(N)=O)(CC(N)=O)CC(N)=O. The van der Waals surface area contributed by atoms with Gasteiger partial charge < -0.3 is 17.2 Å². The zero-order valence-electron chi connectivity index (χ0n) is 8.08. The largest absolute Gasteiger partial charge is 0.370 e. The van der Waals surface area contributed by atoms with Gasteiger partial charge in [0.25, 0.3) is 0 Å². The molecule has 0 aromatic rings. The van der Waals surface area contributed by atoms with Crippen LogP contribution in [0.15, 0.2) is 0 Å². The van der Waals surface area contributed by atoms with Crippen molar-refractivity contribution in [2.45, 2.75) is 26.2 Å². The molecule has 0 aliphatic carbocycles. The van der Waals surface area contributed by atoms with E-state index in [1.54, 1.807) is 6.92 Å². The molecule has 0 saturated heterocycles. The summed E-state index contributed by atoms with van der Waals surface area (Å²) in [5, 5.41) is 0. The van der Waals surface area contributed by atoms with E-state index in [9.17, 15) is 14.4 Å². The number of carbonyl (C=O) groups is 3. The maximum Gasteiger partial charge on any atom is 0.217 e. The molecule has 0 bridgehead atoms. The normalized spacial score (nSPS) is 10.9. The summed E-state index contributed by atoms with van der Waals surface area (Å²) >= 11 is 0. The van der Waals surface area contributed by atoms with Crippen molar-refractivity contribution in [2.75, 3.05) is 0 Å². The third-order valence-corrected chi connectivity index (χ3v) is 1.80. The zero-order valence-corrected chi connectivity index (χ0v) is 8.08. The lowest BCUT2D eigenvalue weighted by atomic mass is 9.79. The lowest BCUT2D eigenvalue weighted by molar-refractivity contribution is -0.125. The van der Waals surface area contributed by atoms with Gasteiger partial charge in [0, 0.05) is 19.3 Å². The van der Waals surface area contributed by atoms with Crippen LogP contribution >= 0.6 is 0 Å². The maximum absolute atomic E-state index is 10.7. The average Bonchev–Trinajstić information content (AvgIpc) is 1.76. The molecule has 0 saturated carbocycles. The van der Waals surface area contributed by atoms with Crippen molar-refractivity contribution in [3.8, 4) is 0 Å². The van der Waals surface area contributed by atoms with Crippen LogP contribution in [-0.2, 0) is 14.4 Å². The lowest BCUT2D eigenvalue weighted by Crippen LogP contribution is -2.34. The van der Waals surface area contributed by atoms with Gasteiger partial charge in [-0.2, -0.15) is 0 Å². The Kier molecular flexibility index (Phi) is 4.07. The summed E-state index contributed by atoms with van der Waals surface area (Å²) in [7, 11) is 0. The summed E-state index contributed by atoms with van der Waals surface area (Å²) in [4.78, 5) is 32.1. The van der Waals surface area contributed by atoms with E-state index in [1.807, 2.05) is 0 Å². The maximum atomic E-state index is 10.7. The Labute approximate surface area is 81.8 Å². The number of hydrogen-bond donors (Lipinski definition) is 3. The molecule has 0 fully saturated rings. The van der Waals surface area contributed by atoms with Crippen molar-refractivity contribution < 1.29 is 14.4 Å². The van der Waals surface area contributed by atoms with E-state index in [2.05, 4.69) is 0 Å². The molecule has 0 rings (SSSR count). The molecule has 0 aliphatic rings. The Morgan fingerprint density at radius 3 is 1.21 bits per heavy atom. The van der Waals surface area contributed by atoms with Crippen LogP contribution in [0.4, 0.5) is 0 Å². The molecule has 0 aromatic carbocycles. The minimum atomic E-state index is -0.858. The Morgan fingerprint density at radius 2 is 1.07 bits per heavy atom. The van der Waals surface area contributed by atoms with Gasteiger partial charge in [0.1, 0.15) is 0 Å². The highest BCUT2D eigenvalue weighted by Crippen LogP contribution is 2.29. The van der Waals surface area contributed by atoms with Crippen molar-refractivity contribution in [1.82, 2.24) is 0 Å². The monoisotopic (exact) mass is 201 g/mol. The van der Waals surface area contributed by atoms with Crippen LogP contribution in [0.1, 0.15) is 26.2 Å². The van der Waals surface area contributed by atoms with Crippen molar-refractivity contribution in [1.29, 1.82) is 0 Å². The summed E-state index contributed by atoms with van der Waals surface area (Å²) in [5.74, 6) is -1.76. The van der Waals surface area contributed by atoms with Gasteiger partial charge in [0.15, 0.2) is 0 Å². The van der Waals surface area contributed by atoms with Crippen molar-refractivity contribution in [3.63, 3.8) is 0 Å². The number of hydrogen-bond acceptors (Lipinski definition) is 3. The topological polar surface area (TPSA) is 129 Å². The van der Waals surface area contributed by atoms with Crippen LogP contribution in [0.5, 0.6) is 0 Å². The number of carbonyl (C=O) groups excluding carboxylic acids is 3. The van der Waals surface area contributed by atoms with E-state index in [1.165, 1.54) is 0 Å². The Hall–Kier alpha value is -1.59. The fourth-order valence-electron chi connectivity index (χ4n) is 1.45. The molecule has 0 aromatic heterocycles. The standard InChI is InChI=1S/C8H15N3O3/c1-8(2-5(9)12,3-6(10)13)4-7(11)14/h2-4H2,1H3,(H2,9,12)(H2,10,13)(H2,11,14). The molecule has 6 N–H and O–H groups in total. The minimum absolute atomic E-state index is 0.0844. The van der Waals surface area contributed by atoms with E-state index in [0.717, 1.165) is 0 Å². The molecule has 0 unspecified atom stereocenters. The Bertz CT molecular complexity index is 222. The third-order valence-electron chi connectivity index (χ3n) is 1.80. The van der Waals surface area contributed by atoms with Crippen LogP contribution in [0.25, 0.3) is 0 Å². The number of nitrogens with two attached hydrogens (primary N) is 3. The summed E-state index contributed by atoms with van der Waals surface area (Å²) in [6, 6.07) is 0. The molecule has 3 amide bonds. The smallest absolute Gasteiger partial charge is 0.217 e. The molecular formula is C8H15N3O3. The quantitative estimate of drug-likeness (QED) is 0.489. The van der Waals surface area contributed by atoms with Gasteiger partial charge >= 0.3 is 0 Å². The Morgan fingerprint density at radius 1 is 0.857 bits per heavy atom. The summed E-state index contributed by atoms with van der Waals surface area (Å²) in [6.07, 6.45) is -0.253. The summed E-state index contributed by atoms with van der Waals surface area (Å²) < 4.78 is 0. The molecule has 6 nitrogen and oxygen atoms in total. The zero-order chi connectivity index (χ0) is 11.4. The van der Waals surface area contributed by atoms with Gasteiger partial charge in [-0.15, -0.1) is 0 Å². The third kappa shape index (κ3) is 5.13. The highest BCUT2D eigenvalue weighted by Gasteiger charge is 2.30. The first-order chi connectivity index (χ1) is 6.25. The van der Waals surface area contributed by atoms with Crippen LogP contribution in [0, 0.1) is 5.41 Å². The first-order valence-corrected chi connectivity index (χ1v) is 4.10. The first-order valence-electron chi connectivity index (χ1n) is 4.10. The van der Waals surface area contributed by atoms with Crippen molar-refractivity contribution in [2.24, 2.45) is 22.6 Å². The highest BCUT2D eigenvalue weighted by molar-refractivity contribution is 5.81. The first kappa shape index (κ1) is 12.4. The predicted molar refractivity (Wildman–Crippen MR) is 49.5 cm³/mol. The predicted octanol–water partition coefficient (Wildman–Crippen LogP) is -1.38. The summed E-state index contributed by atoms with van der Waals surface area (Å²) in [6.45, 7) is 1.58. The van der Waals surface area contributed by atoms with E-state index >= 15 is 0 Å². The van der Waals surface area contributed by atoms with Crippen LogP contribution in [0.2, 0.25) is 0 Å². The second-order valence-corrected chi connectivity index (χ2v) is 3.74. The fraction of sp³-hybridized carbons (Fsp3) is 0.625. The average molecular weight is 201 g/mol. The Balaban J connectivity index is 4.56. The van der Waals surface area contributed by atoms with Gasteiger partial charge in [-0.25, -0.2) is 0 Å².